The number of aliphatic imine (C=N–C) groups is 1. The van der Waals surface area contributed by atoms with Crippen molar-refractivity contribution in [2.24, 2.45) is 4.99 Å². The number of rotatable bonds is 5. The fourth-order valence-electron chi connectivity index (χ4n) is 1.97. The normalized spacial score (nSPS) is 18.7. The first-order valence-electron chi connectivity index (χ1n) is 6.56. The predicted molar refractivity (Wildman–Crippen MR) is 80.2 cm³/mol. The fraction of sp³-hybridized carbons (Fsp3) is 0.286. The van der Waals surface area contributed by atoms with Gasteiger partial charge in [0, 0.05) is 0 Å². The van der Waals surface area contributed by atoms with Crippen LogP contribution >= 0.6 is 0 Å². The highest BCUT2D eigenvalue weighted by atomic mass is 16.6. The van der Waals surface area contributed by atoms with Crippen molar-refractivity contribution in [3.63, 3.8) is 0 Å². The molecular formula is C14H16N3O6+. The Morgan fingerprint density at radius 3 is 2.48 bits per heavy atom. The number of hydrogen-bond donors (Lipinski definition) is 0. The minimum Gasteiger partial charge on any atom is -0.493 e. The second-order valence-corrected chi connectivity index (χ2v) is 4.86. The van der Waals surface area contributed by atoms with Crippen LogP contribution in [-0.2, 0) is 11.3 Å². The van der Waals surface area contributed by atoms with Gasteiger partial charge in [-0.15, -0.1) is 0 Å². The molecule has 2 rings (SSSR count). The van der Waals surface area contributed by atoms with E-state index < -0.39 is 11.0 Å². The molecule has 0 radical (unpaired) electrons. The van der Waals surface area contributed by atoms with Crippen LogP contribution in [0.3, 0.4) is 0 Å². The van der Waals surface area contributed by atoms with Crippen molar-refractivity contribution in [3.05, 3.63) is 40.2 Å². The van der Waals surface area contributed by atoms with E-state index in [-0.39, 0.29) is 28.1 Å². The van der Waals surface area contributed by atoms with Crippen LogP contribution in [-0.4, -0.2) is 43.1 Å². The molecule has 1 aromatic carbocycles. The average Bonchev–Trinajstić information content (AvgIpc) is 2.99. The Labute approximate surface area is 132 Å². The lowest BCUT2D eigenvalue weighted by molar-refractivity contribution is -0.676. The van der Waals surface area contributed by atoms with Gasteiger partial charge in [0.05, 0.1) is 44.0 Å². The van der Waals surface area contributed by atoms with Crippen molar-refractivity contribution in [1.29, 1.82) is 0 Å². The zero-order valence-corrected chi connectivity index (χ0v) is 12.9. The van der Waals surface area contributed by atoms with E-state index >= 15 is 0 Å². The first-order valence-corrected chi connectivity index (χ1v) is 6.56. The lowest BCUT2D eigenvalue weighted by atomic mass is 10.1. The highest BCUT2D eigenvalue weighted by molar-refractivity contribution is 5.73. The van der Waals surface area contributed by atoms with Crippen molar-refractivity contribution >= 4 is 18.1 Å². The number of amides is 1. The number of carbonyl (C=O) groups excluding carboxylic acids is 1. The molecule has 1 amide bonds. The smallest absolute Gasteiger partial charge is 0.493 e. The molecule has 0 saturated heterocycles. The number of benzene rings is 1. The number of carbonyl (C=O) groups is 1. The summed E-state index contributed by atoms with van der Waals surface area (Å²) < 4.78 is 15.1. The SMILES string of the molecule is COc1cc(COC(=O)[N+]2(C)C=CN=C2)c([N+](=O)[O-])cc1OC. The van der Waals surface area contributed by atoms with E-state index in [9.17, 15) is 14.9 Å². The molecule has 0 aromatic heterocycles. The van der Waals surface area contributed by atoms with Gasteiger partial charge >= 0.3 is 6.09 Å². The van der Waals surface area contributed by atoms with E-state index in [0.717, 1.165) is 0 Å². The van der Waals surface area contributed by atoms with Crippen molar-refractivity contribution in [2.75, 3.05) is 21.3 Å². The second-order valence-electron chi connectivity index (χ2n) is 4.86. The number of quaternary nitrogens is 1. The Kier molecular flexibility index (Phi) is 4.60. The molecule has 9 nitrogen and oxygen atoms in total. The summed E-state index contributed by atoms with van der Waals surface area (Å²) in [5.41, 5.74) is -0.0172. The molecule has 0 N–H and O–H groups in total. The molecule has 9 heteroatoms. The van der Waals surface area contributed by atoms with Crippen LogP contribution in [0.1, 0.15) is 5.56 Å². The van der Waals surface area contributed by atoms with E-state index in [1.165, 1.54) is 45.1 Å². The summed E-state index contributed by atoms with van der Waals surface area (Å²) in [5.74, 6) is 0.537. The second kappa shape index (κ2) is 6.44. The number of nitro benzene ring substituents is 1. The van der Waals surface area contributed by atoms with Gasteiger partial charge in [-0.1, -0.05) is 0 Å². The molecule has 23 heavy (non-hydrogen) atoms. The minimum absolute atomic E-state index is 0.202. The maximum absolute atomic E-state index is 12.1. The van der Waals surface area contributed by atoms with E-state index in [4.69, 9.17) is 14.2 Å². The minimum atomic E-state index is -0.605. The van der Waals surface area contributed by atoms with Crippen molar-refractivity contribution in [2.45, 2.75) is 6.61 Å². The number of nitro groups is 1. The fourth-order valence-corrected chi connectivity index (χ4v) is 1.97. The van der Waals surface area contributed by atoms with Gasteiger partial charge in [-0.25, -0.2) is 4.99 Å². The Morgan fingerprint density at radius 1 is 1.30 bits per heavy atom. The zero-order valence-electron chi connectivity index (χ0n) is 12.9. The highest BCUT2D eigenvalue weighted by Crippen LogP contribution is 2.35. The number of ether oxygens (including phenoxy) is 3. The standard InChI is InChI=1S/C14H16N3O6/c1-17(5-4-15-9-17)14(18)23-8-10-6-12(21-2)13(22-3)7-11(10)16(19)20/h4-7,9H,8H2,1-3H3/q+1. The molecule has 1 aliphatic heterocycles. The molecule has 0 spiro atoms. The molecule has 0 fully saturated rings. The van der Waals surface area contributed by atoms with Crippen molar-refractivity contribution < 1.29 is 28.4 Å². The molecule has 0 bridgehead atoms. The molecule has 0 saturated carbocycles. The summed E-state index contributed by atoms with van der Waals surface area (Å²) in [6, 6.07) is 2.65. The van der Waals surface area contributed by atoms with Gasteiger partial charge in [0.25, 0.3) is 5.69 Å². The summed E-state index contributed by atoms with van der Waals surface area (Å²) in [6.07, 6.45) is 3.79. The third-order valence-electron chi connectivity index (χ3n) is 3.29. The lowest BCUT2D eigenvalue weighted by Gasteiger charge is -2.17. The van der Waals surface area contributed by atoms with E-state index in [0.29, 0.717) is 5.75 Å². The van der Waals surface area contributed by atoms with Crippen LogP contribution in [0.25, 0.3) is 0 Å². The van der Waals surface area contributed by atoms with Crippen LogP contribution in [0.15, 0.2) is 29.5 Å². The van der Waals surface area contributed by atoms with E-state index in [1.807, 2.05) is 0 Å². The van der Waals surface area contributed by atoms with Crippen LogP contribution in [0.2, 0.25) is 0 Å². The Bertz CT molecular complexity index is 686. The third kappa shape index (κ3) is 3.29. The maximum Gasteiger partial charge on any atom is 0.526 e. The third-order valence-corrected chi connectivity index (χ3v) is 3.29. The lowest BCUT2D eigenvalue weighted by Crippen LogP contribution is -2.41. The van der Waals surface area contributed by atoms with Gasteiger partial charge < -0.3 is 14.2 Å². The maximum atomic E-state index is 12.1. The van der Waals surface area contributed by atoms with Gasteiger partial charge in [0.2, 0.25) is 6.34 Å². The predicted octanol–water partition coefficient (Wildman–Crippen LogP) is 2.21. The number of nitrogens with zero attached hydrogens (tertiary/aromatic N) is 3. The molecule has 1 atom stereocenters. The molecule has 1 heterocycles. The first-order chi connectivity index (χ1) is 10.9. The Hall–Kier alpha value is -2.94. The van der Waals surface area contributed by atoms with Crippen LogP contribution in [0, 0.1) is 10.1 Å². The van der Waals surface area contributed by atoms with E-state index in [2.05, 4.69) is 4.99 Å². The summed E-state index contributed by atoms with van der Waals surface area (Å²) in [4.78, 5) is 26.5. The van der Waals surface area contributed by atoms with Crippen LogP contribution < -0.4 is 9.47 Å². The van der Waals surface area contributed by atoms with Gasteiger partial charge in [-0.2, -0.15) is 9.28 Å². The molecule has 1 aromatic rings. The monoisotopic (exact) mass is 322 g/mol. The Morgan fingerprint density at radius 2 is 1.96 bits per heavy atom. The van der Waals surface area contributed by atoms with Gasteiger partial charge in [-0.05, 0) is 6.07 Å². The number of hydrogen-bond acceptors (Lipinski definition) is 7. The van der Waals surface area contributed by atoms with E-state index in [1.54, 1.807) is 7.05 Å². The van der Waals surface area contributed by atoms with Crippen LogP contribution in [0.5, 0.6) is 11.5 Å². The van der Waals surface area contributed by atoms with Crippen LogP contribution in [0.4, 0.5) is 10.5 Å². The average molecular weight is 322 g/mol. The number of methoxy groups -OCH3 is 2. The highest BCUT2D eigenvalue weighted by Gasteiger charge is 2.33. The molecule has 122 valence electrons. The zero-order chi connectivity index (χ0) is 17.0. The molecular weight excluding hydrogens is 306 g/mol. The van der Waals surface area contributed by atoms with Crippen molar-refractivity contribution in [3.8, 4) is 11.5 Å². The molecule has 0 aliphatic carbocycles. The van der Waals surface area contributed by atoms with Crippen molar-refractivity contribution in [1.82, 2.24) is 0 Å². The van der Waals surface area contributed by atoms with Gasteiger partial charge in [-0.3, -0.25) is 10.1 Å². The topological polar surface area (TPSA) is 100 Å². The summed E-state index contributed by atoms with van der Waals surface area (Å²) in [7, 11) is 4.38. The molecule has 1 unspecified atom stereocenters. The van der Waals surface area contributed by atoms with Gasteiger partial charge in [0.1, 0.15) is 12.8 Å². The Balaban J connectivity index is 2.24. The summed E-state index contributed by atoms with van der Waals surface area (Å²) in [6.45, 7) is -0.273. The first kappa shape index (κ1) is 16.4. The summed E-state index contributed by atoms with van der Waals surface area (Å²) >= 11 is 0. The van der Waals surface area contributed by atoms with Gasteiger partial charge in [0.15, 0.2) is 11.5 Å². The summed E-state index contributed by atoms with van der Waals surface area (Å²) in [5, 5.41) is 11.2. The largest absolute Gasteiger partial charge is 0.526 e. The molecule has 1 aliphatic rings. The quantitative estimate of drug-likeness (QED) is 0.468.